The number of hydrogen-bond acceptors (Lipinski definition) is 7. The highest BCUT2D eigenvalue weighted by atomic mass is 32.2. The molecule has 0 saturated carbocycles. The van der Waals surface area contributed by atoms with Crippen LogP contribution in [0.2, 0.25) is 0 Å². The minimum absolute atomic E-state index is 0.0640. The Balaban J connectivity index is 1.48. The van der Waals surface area contributed by atoms with Crippen molar-refractivity contribution in [1.29, 1.82) is 0 Å². The number of rotatable bonds is 7. The van der Waals surface area contributed by atoms with Gasteiger partial charge in [-0.15, -0.1) is 0 Å². The van der Waals surface area contributed by atoms with Gasteiger partial charge in [0.1, 0.15) is 11.5 Å². The van der Waals surface area contributed by atoms with Gasteiger partial charge in [-0.05, 0) is 42.0 Å². The lowest BCUT2D eigenvalue weighted by Gasteiger charge is -2.10. The van der Waals surface area contributed by atoms with Crippen molar-refractivity contribution in [3.63, 3.8) is 0 Å². The number of nitrogens with one attached hydrogen (secondary N) is 1. The molecular weight excluding hydrogens is 432 g/mol. The second-order valence-corrected chi connectivity index (χ2v) is 8.85. The lowest BCUT2D eigenvalue weighted by molar-refractivity contribution is 0.0925. The van der Waals surface area contributed by atoms with Crippen molar-refractivity contribution < 1.29 is 27.1 Å². The summed E-state index contributed by atoms with van der Waals surface area (Å²) < 4.78 is 41.9. The Morgan fingerprint density at radius 2 is 1.66 bits per heavy atom. The number of carbonyl (C=O) groups excluding carboxylic acids is 1. The molecule has 1 amide bonds. The molecule has 2 aromatic carbocycles. The van der Waals surface area contributed by atoms with Gasteiger partial charge in [-0.25, -0.2) is 8.42 Å². The first-order chi connectivity index (χ1) is 15.4. The van der Waals surface area contributed by atoms with Gasteiger partial charge in [0, 0.05) is 24.2 Å². The van der Waals surface area contributed by atoms with Gasteiger partial charge in [0.25, 0.3) is 5.91 Å². The third-order valence-electron chi connectivity index (χ3n) is 4.87. The number of pyridine rings is 1. The molecule has 0 atom stereocenters. The Kier molecular flexibility index (Phi) is 5.83. The van der Waals surface area contributed by atoms with E-state index in [1.54, 1.807) is 42.7 Å². The fraction of sp³-hybridized carbons (Fsp3) is 0.130. The lowest BCUT2D eigenvalue weighted by Crippen LogP contribution is -2.22. The van der Waals surface area contributed by atoms with Crippen LogP contribution in [-0.2, 0) is 16.4 Å². The monoisotopic (exact) mass is 452 g/mol. The first kappa shape index (κ1) is 21.4. The van der Waals surface area contributed by atoms with Crippen LogP contribution in [0.4, 0.5) is 0 Å². The van der Waals surface area contributed by atoms with Crippen LogP contribution in [-0.4, -0.2) is 33.5 Å². The number of carbonyl (C=O) groups is 1. The Morgan fingerprint density at radius 3 is 2.28 bits per heavy atom. The van der Waals surface area contributed by atoms with Crippen LogP contribution in [0.25, 0.3) is 11.0 Å². The molecule has 32 heavy (non-hydrogen) atoms. The predicted molar refractivity (Wildman–Crippen MR) is 117 cm³/mol. The number of amides is 1. The maximum atomic E-state index is 13.0. The van der Waals surface area contributed by atoms with E-state index in [1.165, 1.54) is 38.5 Å². The summed E-state index contributed by atoms with van der Waals surface area (Å²) in [5, 5.41) is 3.55. The molecule has 0 spiro atoms. The molecule has 0 aliphatic heterocycles. The number of ether oxygens (including phenoxy) is 2. The number of sulfone groups is 1. The van der Waals surface area contributed by atoms with Gasteiger partial charge in [0.2, 0.25) is 9.84 Å². The average Bonchev–Trinajstić information content (AvgIpc) is 3.27. The average molecular weight is 452 g/mol. The highest BCUT2D eigenvalue weighted by molar-refractivity contribution is 7.91. The quantitative estimate of drug-likeness (QED) is 0.456. The van der Waals surface area contributed by atoms with E-state index in [1.807, 2.05) is 0 Å². The van der Waals surface area contributed by atoms with Crippen LogP contribution >= 0.6 is 0 Å². The van der Waals surface area contributed by atoms with Gasteiger partial charge in [-0.3, -0.25) is 9.78 Å². The zero-order valence-corrected chi connectivity index (χ0v) is 18.2. The van der Waals surface area contributed by atoms with E-state index < -0.39 is 9.84 Å². The molecule has 1 N–H and O–H groups in total. The number of nitrogens with zero attached hydrogens (tertiary/aromatic N) is 1. The molecule has 2 aromatic heterocycles. The molecule has 4 rings (SSSR count). The Labute approximate surface area is 184 Å². The third-order valence-corrected chi connectivity index (χ3v) is 6.62. The van der Waals surface area contributed by atoms with Crippen molar-refractivity contribution in [2.45, 2.75) is 16.3 Å². The molecule has 8 nitrogen and oxygen atoms in total. The van der Waals surface area contributed by atoms with Crippen molar-refractivity contribution in [1.82, 2.24) is 10.3 Å². The van der Waals surface area contributed by atoms with E-state index in [4.69, 9.17) is 13.9 Å². The van der Waals surface area contributed by atoms with Crippen molar-refractivity contribution in [3.8, 4) is 11.5 Å². The normalized spacial score (nSPS) is 11.3. The first-order valence-corrected chi connectivity index (χ1v) is 11.1. The van der Waals surface area contributed by atoms with Gasteiger partial charge < -0.3 is 19.2 Å². The number of hydrogen-bond donors (Lipinski definition) is 1. The summed E-state index contributed by atoms with van der Waals surface area (Å²) in [5.74, 6) is 0.563. The van der Waals surface area contributed by atoms with Gasteiger partial charge in [-0.2, -0.15) is 0 Å². The SMILES string of the molecule is COc1cc(OC)cc(S(=O)(=O)c2ccc(CNC(=O)c3cc4ccncc4o3)cc2)c1. The van der Waals surface area contributed by atoms with Gasteiger partial charge in [-0.1, -0.05) is 12.1 Å². The highest BCUT2D eigenvalue weighted by Crippen LogP contribution is 2.29. The van der Waals surface area contributed by atoms with E-state index in [9.17, 15) is 13.2 Å². The zero-order chi connectivity index (χ0) is 22.7. The fourth-order valence-corrected chi connectivity index (χ4v) is 4.43. The topological polar surface area (TPSA) is 108 Å². The first-order valence-electron chi connectivity index (χ1n) is 9.59. The summed E-state index contributed by atoms with van der Waals surface area (Å²) in [4.78, 5) is 16.5. The lowest BCUT2D eigenvalue weighted by atomic mass is 10.2. The summed E-state index contributed by atoms with van der Waals surface area (Å²) >= 11 is 0. The molecule has 0 aliphatic carbocycles. The minimum atomic E-state index is -3.78. The van der Waals surface area contributed by atoms with Crippen LogP contribution in [0.15, 0.2) is 81.2 Å². The van der Waals surface area contributed by atoms with Gasteiger partial charge >= 0.3 is 0 Å². The fourth-order valence-electron chi connectivity index (χ4n) is 3.12. The minimum Gasteiger partial charge on any atom is -0.497 e. The van der Waals surface area contributed by atoms with Crippen LogP contribution in [0, 0.1) is 0 Å². The molecule has 0 bridgehead atoms. The van der Waals surface area contributed by atoms with Crippen molar-refractivity contribution in [2.75, 3.05) is 14.2 Å². The molecule has 0 aliphatic rings. The second kappa shape index (κ2) is 8.72. The molecule has 0 radical (unpaired) electrons. The Bertz CT molecular complexity index is 1320. The molecular formula is C23H20N2O6S. The maximum Gasteiger partial charge on any atom is 0.287 e. The number of furan rings is 1. The number of benzene rings is 2. The van der Waals surface area contributed by atoms with Crippen LogP contribution in [0.1, 0.15) is 16.1 Å². The zero-order valence-electron chi connectivity index (χ0n) is 17.4. The molecule has 4 aromatic rings. The molecule has 0 saturated heterocycles. The molecule has 0 unspecified atom stereocenters. The number of aromatic nitrogens is 1. The smallest absolute Gasteiger partial charge is 0.287 e. The summed E-state index contributed by atoms with van der Waals surface area (Å²) in [6, 6.07) is 14.2. The summed E-state index contributed by atoms with van der Waals surface area (Å²) in [5.41, 5.74) is 1.26. The summed E-state index contributed by atoms with van der Waals surface area (Å²) in [6.07, 6.45) is 3.17. The van der Waals surface area contributed by atoms with Crippen molar-refractivity contribution in [2.24, 2.45) is 0 Å². The maximum absolute atomic E-state index is 13.0. The summed E-state index contributed by atoms with van der Waals surface area (Å²) in [6.45, 7) is 0.210. The third kappa shape index (κ3) is 4.28. The number of fused-ring (bicyclic) bond motifs is 1. The molecule has 0 fully saturated rings. The Morgan fingerprint density at radius 1 is 0.969 bits per heavy atom. The second-order valence-electron chi connectivity index (χ2n) is 6.90. The molecule has 9 heteroatoms. The number of methoxy groups -OCH3 is 2. The Hall–Kier alpha value is -3.85. The highest BCUT2D eigenvalue weighted by Gasteiger charge is 2.20. The van der Waals surface area contributed by atoms with Crippen LogP contribution in [0.5, 0.6) is 11.5 Å². The van der Waals surface area contributed by atoms with Crippen LogP contribution < -0.4 is 14.8 Å². The summed E-state index contributed by atoms with van der Waals surface area (Å²) in [7, 11) is -0.869. The molecule has 164 valence electrons. The van der Waals surface area contributed by atoms with E-state index in [0.717, 1.165) is 10.9 Å². The van der Waals surface area contributed by atoms with Crippen molar-refractivity contribution >= 4 is 26.7 Å². The van der Waals surface area contributed by atoms with E-state index in [2.05, 4.69) is 10.3 Å². The van der Waals surface area contributed by atoms with E-state index in [-0.39, 0.29) is 28.0 Å². The van der Waals surface area contributed by atoms with E-state index in [0.29, 0.717) is 17.1 Å². The van der Waals surface area contributed by atoms with E-state index >= 15 is 0 Å². The standard InChI is InChI=1S/C23H20N2O6S/c1-29-17-10-18(30-2)12-20(11-17)32(27,28)19-5-3-15(4-6-19)13-25-23(26)21-9-16-7-8-24-14-22(16)31-21/h3-12,14H,13H2,1-2H3,(H,25,26). The van der Waals surface area contributed by atoms with Gasteiger partial charge in [0.15, 0.2) is 11.3 Å². The van der Waals surface area contributed by atoms with Gasteiger partial charge in [0.05, 0.1) is 30.2 Å². The molecule has 2 heterocycles. The van der Waals surface area contributed by atoms with Crippen LogP contribution in [0.3, 0.4) is 0 Å². The largest absolute Gasteiger partial charge is 0.497 e. The van der Waals surface area contributed by atoms with Crippen molar-refractivity contribution in [3.05, 3.63) is 78.3 Å². The predicted octanol–water partition coefficient (Wildman–Crippen LogP) is 3.61.